The van der Waals surface area contributed by atoms with Gasteiger partial charge in [-0.1, -0.05) is 45.0 Å². The summed E-state index contributed by atoms with van der Waals surface area (Å²) in [5.74, 6) is 0. The molecular weight excluding hydrogens is 232 g/mol. The van der Waals surface area contributed by atoms with Crippen molar-refractivity contribution in [3.63, 3.8) is 0 Å². The van der Waals surface area contributed by atoms with Crippen molar-refractivity contribution in [2.75, 3.05) is 0 Å². The van der Waals surface area contributed by atoms with E-state index >= 15 is 0 Å². The highest BCUT2D eigenvalue weighted by Crippen LogP contribution is 2.22. The van der Waals surface area contributed by atoms with Crippen LogP contribution in [0.25, 0.3) is 0 Å². The van der Waals surface area contributed by atoms with Crippen LogP contribution >= 0.6 is 0 Å². The van der Waals surface area contributed by atoms with Gasteiger partial charge in [0.15, 0.2) is 0 Å². The molecule has 0 spiro atoms. The number of aromatic nitrogens is 2. The van der Waals surface area contributed by atoms with Crippen LogP contribution in [0.2, 0.25) is 0 Å². The summed E-state index contributed by atoms with van der Waals surface area (Å²) in [4.78, 5) is 0. The summed E-state index contributed by atoms with van der Waals surface area (Å²) in [5.41, 5.74) is 4.99. The molecule has 100 valence electrons. The summed E-state index contributed by atoms with van der Waals surface area (Å²) >= 11 is 0. The number of rotatable bonds is 3. The Morgan fingerprint density at radius 2 is 1.53 bits per heavy atom. The molecule has 0 aliphatic carbocycles. The average molecular weight is 254 g/mol. The van der Waals surface area contributed by atoms with Gasteiger partial charge in [-0.25, -0.2) is 0 Å². The van der Waals surface area contributed by atoms with Crippen molar-refractivity contribution >= 4 is 0 Å². The van der Waals surface area contributed by atoms with E-state index < -0.39 is 0 Å². The molecular formula is C17H22N2. The molecule has 0 radical (unpaired) electrons. The van der Waals surface area contributed by atoms with Crippen LogP contribution in [-0.4, -0.2) is 10.2 Å². The van der Waals surface area contributed by atoms with Gasteiger partial charge in [0.2, 0.25) is 0 Å². The lowest BCUT2D eigenvalue weighted by atomic mass is 9.86. The topological polar surface area (TPSA) is 25.8 Å². The van der Waals surface area contributed by atoms with Crippen LogP contribution in [0.1, 0.15) is 43.3 Å². The Hall–Kier alpha value is -1.70. The number of nitrogens with zero attached hydrogens (tertiary/aromatic N) is 2. The number of aryl methyl sites for hydroxylation is 3. The summed E-state index contributed by atoms with van der Waals surface area (Å²) in [5, 5.41) is 8.29. The molecule has 1 heterocycles. The van der Waals surface area contributed by atoms with Crippen molar-refractivity contribution in [3.05, 3.63) is 58.9 Å². The first-order chi connectivity index (χ1) is 8.95. The zero-order chi connectivity index (χ0) is 13.9. The van der Waals surface area contributed by atoms with E-state index in [0.29, 0.717) is 0 Å². The average Bonchev–Trinajstić information content (AvgIpc) is 2.37. The van der Waals surface area contributed by atoms with Crippen LogP contribution in [0.4, 0.5) is 0 Å². The van der Waals surface area contributed by atoms with Gasteiger partial charge in [0.25, 0.3) is 0 Å². The minimum absolute atomic E-state index is 0.223. The van der Waals surface area contributed by atoms with Gasteiger partial charge in [-0.15, -0.1) is 0 Å². The second kappa shape index (κ2) is 5.52. The third kappa shape index (κ3) is 3.88. The highest BCUT2D eigenvalue weighted by Gasteiger charge is 2.12. The molecule has 0 amide bonds. The summed E-state index contributed by atoms with van der Waals surface area (Å²) in [6.45, 7) is 8.68. The van der Waals surface area contributed by atoms with Crippen molar-refractivity contribution in [1.82, 2.24) is 10.2 Å². The van der Waals surface area contributed by atoms with Crippen molar-refractivity contribution in [3.8, 4) is 0 Å². The fourth-order valence-corrected chi connectivity index (χ4v) is 2.00. The van der Waals surface area contributed by atoms with Crippen LogP contribution in [0.3, 0.4) is 0 Å². The maximum atomic E-state index is 4.20. The minimum Gasteiger partial charge on any atom is -0.156 e. The molecule has 0 aliphatic heterocycles. The molecule has 2 heteroatoms. The van der Waals surface area contributed by atoms with Crippen LogP contribution in [0.5, 0.6) is 0 Å². The maximum Gasteiger partial charge on any atom is 0.0634 e. The van der Waals surface area contributed by atoms with Gasteiger partial charge < -0.3 is 0 Å². The van der Waals surface area contributed by atoms with Gasteiger partial charge in [0.05, 0.1) is 11.4 Å². The second-order valence-corrected chi connectivity index (χ2v) is 6.11. The van der Waals surface area contributed by atoms with E-state index in [1.165, 1.54) is 11.1 Å². The minimum atomic E-state index is 0.223. The Kier molecular flexibility index (Phi) is 3.98. The molecule has 0 N–H and O–H groups in total. The zero-order valence-electron chi connectivity index (χ0n) is 12.3. The van der Waals surface area contributed by atoms with E-state index in [2.05, 4.69) is 61.3 Å². The number of hydrogen-bond acceptors (Lipinski definition) is 2. The van der Waals surface area contributed by atoms with Crippen LogP contribution in [0.15, 0.2) is 36.4 Å². The van der Waals surface area contributed by atoms with Crippen molar-refractivity contribution in [2.24, 2.45) is 0 Å². The Morgan fingerprint density at radius 1 is 0.842 bits per heavy atom. The summed E-state index contributed by atoms with van der Waals surface area (Å²) in [6, 6.07) is 13.0. The summed E-state index contributed by atoms with van der Waals surface area (Å²) < 4.78 is 0. The lowest BCUT2D eigenvalue weighted by Gasteiger charge is -2.19. The van der Waals surface area contributed by atoms with Gasteiger partial charge in [0, 0.05) is 0 Å². The first-order valence-electron chi connectivity index (χ1n) is 6.84. The highest BCUT2D eigenvalue weighted by molar-refractivity contribution is 5.28. The predicted octanol–water partition coefficient (Wildman–Crippen LogP) is 3.87. The van der Waals surface area contributed by atoms with Crippen molar-refractivity contribution in [1.29, 1.82) is 0 Å². The number of benzene rings is 1. The number of hydrogen-bond donors (Lipinski definition) is 0. The molecule has 0 saturated heterocycles. The van der Waals surface area contributed by atoms with E-state index in [-0.39, 0.29) is 5.41 Å². The van der Waals surface area contributed by atoms with E-state index in [4.69, 9.17) is 0 Å². The Labute approximate surface area is 115 Å². The molecule has 2 rings (SSSR count). The first kappa shape index (κ1) is 13.7. The van der Waals surface area contributed by atoms with Crippen molar-refractivity contribution < 1.29 is 0 Å². The molecule has 0 bridgehead atoms. The molecule has 2 nitrogen and oxygen atoms in total. The fraction of sp³-hybridized carbons (Fsp3) is 0.412. The molecule has 0 fully saturated rings. The van der Waals surface area contributed by atoms with E-state index in [1.807, 2.05) is 13.0 Å². The van der Waals surface area contributed by atoms with Gasteiger partial charge >= 0.3 is 0 Å². The SMILES string of the molecule is Cc1ccc(CCc2ccc(C(C)(C)C)cc2)nn1. The van der Waals surface area contributed by atoms with Crippen molar-refractivity contribution in [2.45, 2.75) is 46.0 Å². The van der Waals surface area contributed by atoms with E-state index in [0.717, 1.165) is 24.2 Å². The Balaban J connectivity index is 1.98. The molecule has 0 atom stereocenters. The van der Waals surface area contributed by atoms with Crippen LogP contribution in [-0.2, 0) is 18.3 Å². The van der Waals surface area contributed by atoms with E-state index in [9.17, 15) is 0 Å². The second-order valence-electron chi connectivity index (χ2n) is 6.11. The van der Waals surface area contributed by atoms with Gasteiger partial charge in [0.1, 0.15) is 0 Å². The highest BCUT2D eigenvalue weighted by atomic mass is 15.1. The standard InChI is InChI=1S/C17H22N2/c1-13-5-11-16(19-18-13)12-8-14-6-9-15(10-7-14)17(2,3)4/h5-7,9-11H,8,12H2,1-4H3. The van der Waals surface area contributed by atoms with Gasteiger partial charge in [-0.05, 0) is 48.4 Å². The normalized spacial score (nSPS) is 11.6. The molecule has 2 aromatic rings. The lowest BCUT2D eigenvalue weighted by Crippen LogP contribution is -2.10. The smallest absolute Gasteiger partial charge is 0.0634 e. The largest absolute Gasteiger partial charge is 0.156 e. The molecule has 19 heavy (non-hydrogen) atoms. The van der Waals surface area contributed by atoms with Gasteiger partial charge in [-0.3, -0.25) is 0 Å². The van der Waals surface area contributed by atoms with E-state index in [1.54, 1.807) is 0 Å². The predicted molar refractivity (Wildman–Crippen MR) is 79.3 cm³/mol. The molecule has 1 aromatic heterocycles. The molecule has 1 aromatic carbocycles. The molecule has 0 saturated carbocycles. The maximum absolute atomic E-state index is 4.20. The van der Waals surface area contributed by atoms with Crippen LogP contribution in [0, 0.1) is 6.92 Å². The summed E-state index contributed by atoms with van der Waals surface area (Å²) in [6.07, 6.45) is 1.96. The monoisotopic (exact) mass is 254 g/mol. The molecule has 0 unspecified atom stereocenters. The third-order valence-electron chi connectivity index (χ3n) is 3.34. The Morgan fingerprint density at radius 3 is 2.05 bits per heavy atom. The fourth-order valence-electron chi connectivity index (χ4n) is 2.00. The van der Waals surface area contributed by atoms with Crippen LogP contribution < -0.4 is 0 Å². The zero-order valence-corrected chi connectivity index (χ0v) is 12.3. The first-order valence-corrected chi connectivity index (χ1v) is 6.84. The quantitative estimate of drug-likeness (QED) is 0.831. The summed E-state index contributed by atoms with van der Waals surface area (Å²) in [7, 11) is 0. The van der Waals surface area contributed by atoms with Gasteiger partial charge in [-0.2, -0.15) is 10.2 Å². The third-order valence-corrected chi connectivity index (χ3v) is 3.34. The lowest BCUT2D eigenvalue weighted by molar-refractivity contribution is 0.590. The molecule has 0 aliphatic rings. The Bertz CT molecular complexity index is 519.